The number of halogens is 2. The van der Waals surface area contributed by atoms with Gasteiger partial charge in [-0.15, -0.1) is 0 Å². The smallest absolute Gasteiger partial charge is 0.319 e. The van der Waals surface area contributed by atoms with Crippen molar-refractivity contribution in [3.05, 3.63) is 28.2 Å². The Balaban J connectivity index is 2.68. The minimum absolute atomic E-state index is 0.109. The Kier molecular flexibility index (Phi) is 5.06. The van der Waals surface area contributed by atoms with Crippen LogP contribution in [-0.4, -0.2) is 23.1 Å². The van der Waals surface area contributed by atoms with Gasteiger partial charge in [-0.25, -0.2) is 4.79 Å². The minimum atomic E-state index is -0.618. The molecule has 0 aliphatic heterocycles. The van der Waals surface area contributed by atoms with Crippen molar-refractivity contribution in [1.82, 2.24) is 5.32 Å². The van der Waals surface area contributed by atoms with Crippen LogP contribution >= 0.6 is 23.2 Å². The van der Waals surface area contributed by atoms with Gasteiger partial charge >= 0.3 is 6.03 Å². The van der Waals surface area contributed by atoms with Crippen LogP contribution in [0.4, 0.5) is 10.5 Å². The van der Waals surface area contributed by atoms with Crippen LogP contribution in [0, 0.1) is 0 Å². The van der Waals surface area contributed by atoms with Crippen LogP contribution in [0.3, 0.4) is 0 Å². The van der Waals surface area contributed by atoms with E-state index in [1.807, 2.05) is 0 Å². The number of benzene rings is 1. The SMILES string of the molecule is CC(NC(=O)Nc1cc(Cl)ccc1Cl)/C(N)=N/O. The molecule has 1 unspecified atom stereocenters. The van der Waals surface area contributed by atoms with Crippen molar-refractivity contribution in [1.29, 1.82) is 0 Å². The first-order valence-electron chi connectivity index (χ1n) is 4.94. The summed E-state index contributed by atoms with van der Waals surface area (Å²) in [5, 5.41) is 17.0. The van der Waals surface area contributed by atoms with Crippen molar-refractivity contribution in [3.8, 4) is 0 Å². The molecule has 0 radical (unpaired) electrons. The first-order valence-corrected chi connectivity index (χ1v) is 5.69. The number of hydrogen-bond acceptors (Lipinski definition) is 3. The Hall–Kier alpha value is -1.66. The Morgan fingerprint density at radius 1 is 1.50 bits per heavy atom. The Morgan fingerprint density at radius 2 is 2.17 bits per heavy atom. The third-order valence-corrected chi connectivity index (χ3v) is 2.65. The summed E-state index contributed by atoms with van der Waals surface area (Å²) < 4.78 is 0. The van der Waals surface area contributed by atoms with Gasteiger partial charge in [-0.3, -0.25) is 0 Å². The molecule has 1 atom stereocenters. The van der Waals surface area contributed by atoms with E-state index in [0.717, 1.165) is 0 Å². The Bertz CT molecular complexity index is 479. The number of nitrogens with two attached hydrogens (primary N) is 1. The van der Waals surface area contributed by atoms with E-state index in [1.165, 1.54) is 6.07 Å². The second-order valence-electron chi connectivity index (χ2n) is 3.47. The zero-order valence-corrected chi connectivity index (χ0v) is 11.0. The number of amides is 2. The molecule has 1 aromatic carbocycles. The van der Waals surface area contributed by atoms with Crippen molar-refractivity contribution in [2.24, 2.45) is 10.9 Å². The lowest BCUT2D eigenvalue weighted by Gasteiger charge is -2.13. The number of amidine groups is 1. The maximum atomic E-state index is 11.6. The summed E-state index contributed by atoms with van der Waals surface area (Å²) in [5.41, 5.74) is 5.69. The summed E-state index contributed by atoms with van der Waals surface area (Å²) in [6.45, 7) is 1.56. The maximum Gasteiger partial charge on any atom is 0.319 e. The second-order valence-corrected chi connectivity index (χ2v) is 4.31. The van der Waals surface area contributed by atoms with E-state index in [1.54, 1.807) is 19.1 Å². The molecule has 5 N–H and O–H groups in total. The molecule has 18 heavy (non-hydrogen) atoms. The van der Waals surface area contributed by atoms with Gasteiger partial charge in [0.1, 0.15) is 0 Å². The van der Waals surface area contributed by atoms with Gasteiger partial charge in [0.2, 0.25) is 0 Å². The molecule has 0 aliphatic carbocycles. The summed E-state index contributed by atoms with van der Waals surface area (Å²) in [6.07, 6.45) is 0. The van der Waals surface area contributed by atoms with Crippen molar-refractivity contribution in [3.63, 3.8) is 0 Å². The number of nitrogens with zero attached hydrogens (tertiary/aromatic N) is 1. The first kappa shape index (κ1) is 14.4. The minimum Gasteiger partial charge on any atom is -0.409 e. The molecule has 1 aromatic rings. The average Bonchev–Trinajstić information content (AvgIpc) is 2.32. The van der Waals surface area contributed by atoms with Crippen LogP contribution < -0.4 is 16.4 Å². The number of carbonyl (C=O) groups is 1. The normalized spacial score (nSPS) is 12.9. The lowest BCUT2D eigenvalue weighted by molar-refractivity contribution is 0.251. The number of urea groups is 1. The highest BCUT2D eigenvalue weighted by atomic mass is 35.5. The van der Waals surface area contributed by atoms with Gasteiger partial charge in [0.05, 0.1) is 16.8 Å². The highest BCUT2D eigenvalue weighted by molar-refractivity contribution is 6.35. The first-order chi connectivity index (χ1) is 8.43. The number of rotatable bonds is 3. The molecule has 1 rings (SSSR count). The fourth-order valence-electron chi connectivity index (χ4n) is 1.11. The third kappa shape index (κ3) is 3.97. The van der Waals surface area contributed by atoms with Gasteiger partial charge in [-0.2, -0.15) is 0 Å². The molecule has 0 spiro atoms. The molecule has 0 aliphatic rings. The van der Waals surface area contributed by atoms with E-state index in [-0.39, 0.29) is 5.84 Å². The maximum absolute atomic E-state index is 11.6. The van der Waals surface area contributed by atoms with E-state index < -0.39 is 12.1 Å². The quantitative estimate of drug-likeness (QED) is 0.297. The predicted octanol–water partition coefficient (Wildman–Crippen LogP) is 2.25. The van der Waals surface area contributed by atoms with E-state index >= 15 is 0 Å². The van der Waals surface area contributed by atoms with Crippen molar-refractivity contribution in [2.45, 2.75) is 13.0 Å². The Labute approximate surface area is 114 Å². The van der Waals surface area contributed by atoms with E-state index in [9.17, 15) is 4.79 Å². The molecule has 0 heterocycles. The topological polar surface area (TPSA) is 99.7 Å². The van der Waals surface area contributed by atoms with Crippen LogP contribution in [0.25, 0.3) is 0 Å². The standard InChI is InChI=1S/C10H12Cl2N4O2/c1-5(9(13)16-18)14-10(17)15-8-4-6(11)2-3-7(8)12/h2-5,18H,1H3,(H2,13,16)(H2,14,15,17). The van der Waals surface area contributed by atoms with Gasteiger partial charge in [0, 0.05) is 5.02 Å². The number of nitrogens with one attached hydrogen (secondary N) is 2. The van der Waals surface area contributed by atoms with E-state index in [4.69, 9.17) is 34.1 Å². The summed E-state index contributed by atoms with van der Waals surface area (Å²) >= 11 is 11.7. The highest BCUT2D eigenvalue weighted by Crippen LogP contribution is 2.25. The van der Waals surface area contributed by atoms with Gasteiger partial charge in [-0.1, -0.05) is 28.4 Å². The van der Waals surface area contributed by atoms with E-state index in [0.29, 0.717) is 15.7 Å². The largest absolute Gasteiger partial charge is 0.409 e. The zero-order chi connectivity index (χ0) is 13.7. The van der Waals surface area contributed by atoms with Crippen LogP contribution in [-0.2, 0) is 0 Å². The molecular weight excluding hydrogens is 279 g/mol. The number of hydrogen-bond donors (Lipinski definition) is 4. The molecule has 6 nitrogen and oxygen atoms in total. The zero-order valence-electron chi connectivity index (χ0n) is 9.45. The van der Waals surface area contributed by atoms with Crippen LogP contribution in [0.2, 0.25) is 10.0 Å². The number of carbonyl (C=O) groups excluding carboxylic acids is 1. The van der Waals surface area contributed by atoms with Crippen LogP contribution in [0.5, 0.6) is 0 Å². The lowest BCUT2D eigenvalue weighted by atomic mass is 10.3. The van der Waals surface area contributed by atoms with Crippen LogP contribution in [0.15, 0.2) is 23.4 Å². The molecule has 0 aromatic heterocycles. The molecule has 8 heteroatoms. The Morgan fingerprint density at radius 3 is 2.78 bits per heavy atom. The van der Waals surface area contributed by atoms with Gasteiger partial charge in [0.15, 0.2) is 5.84 Å². The highest BCUT2D eigenvalue weighted by Gasteiger charge is 2.12. The molecule has 0 saturated heterocycles. The molecule has 0 fully saturated rings. The average molecular weight is 291 g/mol. The molecule has 0 saturated carbocycles. The van der Waals surface area contributed by atoms with Crippen LogP contribution in [0.1, 0.15) is 6.92 Å². The lowest BCUT2D eigenvalue weighted by Crippen LogP contribution is -2.44. The fraction of sp³-hybridized carbons (Fsp3) is 0.200. The third-order valence-electron chi connectivity index (χ3n) is 2.08. The summed E-state index contributed by atoms with van der Waals surface area (Å²) in [4.78, 5) is 11.6. The second kappa shape index (κ2) is 6.32. The predicted molar refractivity (Wildman–Crippen MR) is 71.5 cm³/mol. The van der Waals surface area contributed by atoms with Crippen molar-refractivity contribution in [2.75, 3.05) is 5.32 Å². The van der Waals surface area contributed by atoms with E-state index in [2.05, 4.69) is 15.8 Å². The fourth-order valence-corrected chi connectivity index (χ4v) is 1.45. The van der Waals surface area contributed by atoms with Crippen molar-refractivity contribution < 1.29 is 10.0 Å². The molecule has 98 valence electrons. The summed E-state index contributed by atoms with van der Waals surface area (Å²) in [7, 11) is 0. The number of anilines is 1. The summed E-state index contributed by atoms with van der Waals surface area (Å²) in [5.74, 6) is -0.109. The van der Waals surface area contributed by atoms with Gasteiger partial charge in [-0.05, 0) is 25.1 Å². The molecule has 2 amide bonds. The van der Waals surface area contributed by atoms with Gasteiger partial charge < -0.3 is 21.6 Å². The van der Waals surface area contributed by atoms with Gasteiger partial charge in [0.25, 0.3) is 0 Å². The number of oxime groups is 1. The molecular formula is C10H12Cl2N4O2. The van der Waals surface area contributed by atoms with Crippen molar-refractivity contribution >= 4 is 40.8 Å². The monoisotopic (exact) mass is 290 g/mol. The summed E-state index contributed by atoms with van der Waals surface area (Å²) in [6, 6.07) is 3.52. The molecule has 0 bridgehead atoms.